The van der Waals surface area contributed by atoms with Crippen LogP contribution in [0.5, 0.6) is 0 Å². The molecular formula is C44H27N5O. The van der Waals surface area contributed by atoms with Gasteiger partial charge in [-0.25, -0.2) is 15.0 Å². The van der Waals surface area contributed by atoms with E-state index in [1.165, 1.54) is 0 Å². The molecule has 0 unspecified atom stereocenters. The number of hydrogen-bond donors (Lipinski definition) is 0. The van der Waals surface area contributed by atoms with Gasteiger partial charge in [-0.15, -0.1) is 0 Å². The van der Waals surface area contributed by atoms with Crippen LogP contribution < -0.4 is 0 Å². The van der Waals surface area contributed by atoms with E-state index in [0.717, 1.165) is 77.2 Å². The minimum Gasteiger partial charge on any atom is -0.455 e. The van der Waals surface area contributed by atoms with Crippen molar-refractivity contribution in [3.8, 4) is 51.0 Å². The third-order valence-corrected chi connectivity index (χ3v) is 9.37. The van der Waals surface area contributed by atoms with Gasteiger partial charge in [0.1, 0.15) is 11.2 Å². The Balaban J connectivity index is 1.19. The molecule has 6 aromatic carbocycles. The lowest BCUT2D eigenvalue weighted by Crippen LogP contribution is -2.04. The smallest absolute Gasteiger partial charge is 0.166 e. The highest BCUT2D eigenvalue weighted by molar-refractivity contribution is 6.13. The molecule has 0 saturated heterocycles. The number of para-hydroxylation sites is 3. The minimum absolute atomic E-state index is 0.578. The van der Waals surface area contributed by atoms with Gasteiger partial charge in [0.2, 0.25) is 0 Å². The molecule has 4 heterocycles. The van der Waals surface area contributed by atoms with Crippen LogP contribution in [0.1, 0.15) is 0 Å². The summed E-state index contributed by atoms with van der Waals surface area (Å²) in [6.45, 7) is 0. The van der Waals surface area contributed by atoms with E-state index in [2.05, 4.69) is 82.3 Å². The second-order valence-corrected chi connectivity index (χ2v) is 12.3. The maximum absolute atomic E-state index is 6.43. The molecule has 0 bridgehead atoms. The first-order valence-corrected chi connectivity index (χ1v) is 16.6. The van der Waals surface area contributed by atoms with Crippen molar-refractivity contribution in [2.45, 2.75) is 0 Å². The molecule has 0 spiro atoms. The fourth-order valence-corrected chi connectivity index (χ4v) is 7.06. The van der Waals surface area contributed by atoms with E-state index in [-0.39, 0.29) is 0 Å². The van der Waals surface area contributed by atoms with Crippen LogP contribution in [0.4, 0.5) is 0 Å². The zero-order valence-electron chi connectivity index (χ0n) is 26.7. The van der Waals surface area contributed by atoms with E-state index in [9.17, 15) is 0 Å². The van der Waals surface area contributed by atoms with Gasteiger partial charge in [-0.3, -0.25) is 4.98 Å². The summed E-state index contributed by atoms with van der Waals surface area (Å²) in [5, 5.41) is 4.51. The van der Waals surface area contributed by atoms with Crippen LogP contribution in [0.3, 0.4) is 0 Å². The van der Waals surface area contributed by atoms with Crippen LogP contribution in [0.25, 0.3) is 94.7 Å². The zero-order chi connectivity index (χ0) is 33.0. The molecule has 0 amide bonds. The Morgan fingerprint density at radius 3 is 1.86 bits per heavy atom. The Bertz CT molecular complexity index is 2820. The van der Waals surface area contributed by atoms with Crippen LogP contribution in [0, 0.1) is 0 Å². The molecule has 0 saturated carbocycles. The fourth-order valence-electron chi connectivity index (χ4n) is 7.06. The SMILES string of the molecule is c1ccc(-c2nc(-c3ccccc3)nc(-c3ccncc3-n3c4ccccc4c4cc(-c5cccc6c5oc5ccccc56)ccc43)n2)cc1. The Hall–Kier alpha value is -6.92. The van der Waals surface area contributed by atoms with Crippen molar-refractivity contribution in [2.75, 3.05) is 0 Å². The Morgan fingerprint density at radius 1 is 0.440 bits per heavy atom. The summed E-state index contributed by atoms with van der Waals surface area (Å²) in [5.74, 6) is 1.81. The summed E-state index contributed by atoms with van der Waals surface area (Å²) >= 11 is 0. The van der Waals surface area contributed by atoms with E-state index in [0.29, 0.717) is 17.5 Å². The monoisotopic (exact) mass is 641 g/mol. The lowest BCUT2D eigenvalue weighted by Gasteiger charge is -2.14. The Morgan fingerprint density at radius 2 is 1.08 bits per heavy atom. The van der Waals surface area contributed by atoms with Gasteiger partial charge in [-0.1, -0.05) is 121 Å². The maximum Gasteiger partial charge on any atom is 0.166 e. The molecule has 234 valence electrons. The first-order valence-electron chi connectivity index (χ1n) is 16.6. The molecule has 4 aromatic heterocycles. The standard InChI is InChI=1S/C44H27N5O/c1-3-12-28(13-4-1)42-46-43(29-14-5-2-6-15-29)48-44(47-42)35-24-25-45-27-39(35)49-37-20-9-7-16-32(37)36-26-30(22-23-38(36)49)31-18-11-19-34-33-17-8-10-21-40(33)50-41(31)34/h1-27H. The van der Waals surface area contributed by atoms with Crippen molar-refractivity contribution in [3.63, 3.8) is 0 Å². The number of rotatable bonds is 5. The molecule has 10 aromatic rings. The van der Waals surface area contributed by atoms with Gasteiger partial charge in [0.15, 0.2) is 17.5 Å². The summed E-state index contributed by atoms with van der Waals surface area (Å²) in [6.07, 6.45) is 3.70. The van der Waals surface area contributed by atoms with E-state index in [4.69, 9.17) is 19.4 Å². The maximum atomic E-state index is 6.43. The summed E-state index contributed by atoms with van der Waals surface area (Å²) in [4.78, 5) is 19.6. The lowest BCUT2D eigenvalue weighted by molar-refractivity contribution is 0.670. The Labute approximate surface area is 287 Å². The number of aromatic nitrogens is 5. The highest BCUT2D eigenvalue weighted by Gasteiger charge is 2.20. The van der Waals surface area contributed by atoms with Crippen LogP contribution in [0.15, 0.2) is 168 Å². The van der Waals surface area contributed by atoms with Crippen molar-refractivity contribution in [1.29, 1.82) is 0 Å². The molecule has 0 fully saturated rings. The number of hydrogen-bond acceptors (Lipinski definition) is 5. The predicted octanol–water partition coefficient (Wildman–Crippen LogP) is 10.9. The molecule has 6 heteroatoms. The second kappa shape index (κ2) is 11.4. The highest BCUT2D eigenvalue weighted by atomic mass is 16.3. The van der Waals surface area contributed by atoms with Crippen molar-refractivity contribution < 1.29 is 4.42 Å². The van der Waals surface area contributed by atoms with Gasteiger partial charge in [-0.2, -0.15) is 0 Å². The number of pyridine rings is 1. The van der Waals surface area contributed by atoms with E-state index < -0.39 is 0 Å². The molecule has 10 rings (SSSR count). The number of furan rings is 1. The first-order chi connectivity index (χ1) is 24.8. The van der Waals surface area contributed by atoms with E-state index in [1.807, 2.05) is 85.1 Å². The van der Waals surface area contributed by atoms with E-state index >= 15 is 0 Å². The van der Waals surface area contributed by atoms with Crippen LogP contribution in [-0.2, 0) is 0 Å². The van der Waals surface area contributed by atoms with Gasteiger partial charge in [0.25, 0.3) is 0 Å². The Kier molecular flexibility index (Phi) is 6.39. The third kappa shape index (κ3) is 4.50. The van der Waals surface area contributed by atoms with Gasteiger partial charge < -0.3 is 8.98 Å². The normalized spacial score (nSPS) is 11.6. The fraction of sp³-hybridized carbons (Fsp3) is 0. The quantitative estimate of drug-likeness (QED) is 0.187. The molecule has 0 radical (unpaired) electrons. The zero-order valence-corrected chi connectivity index (χ0v) is 26.7. The second-order valence-electron chi connectivity index (χ2n) is 12.3. The summed E-state index contributed by atoms with van der Waals surface area (Å²) in [7, 11) is 0. The average Bonchev–Trinajstić information content (AvgIpc) is 3.74. The van der Waals surface area contributed by atoms with Crippen molar-refractivity contribution >= 4 is 43.7 Å². The molecule has 0 aliphatic carbocycles. The van der Waals surface area contributed by atoms with Crippen LogP contribution >= 0.6 is 0 Å². The van der Waals surface area contributed by atoms with E-state index in [1.54, 1.807) is 6.20 Å². The molecule has 50 heavy (non-hydrogen) atoms. The van der Waals surface area contributed by atoms with Gasteiger partial charge in [-0.05, 0) is 35.9 Å². The van der Waals surface area contributed by atoms with Crippen molar-refractivity contribution in [1.82, 2.24) is 24.5 Å². The molecule has 0 aliphatic rings. The highest BCUT2D eigenvalue weighted by Crippen LogP contribution is 2.40. The largest absolute Gasteiger partial charge is 0.455 e. The first kappa shape index (κ1) is 28.1. The number of benzene rings is 6. The van der Waals surface area contributed by atoms with Crippen molar-refractivity contribution in [2.24, 2.45) is 0 Å². The predicted molar refractivity (Wildman–Crippen MR) is 201 cm³/mol. The average molecular weight is 642 g/mol. The number of nitrogens with zero attached hydrogens (tertiary/aromatic N) is 5. The lowest BCUT2D eigenvalue weighted by atomic mass is 10.0. The molecule has 0 aliphatic heterocycles. The van der Waals surface area contributed by atoms with Gasteiger partial charge in [0, 0.05) is 50.0 Å². The molecule has 6 nitrogen and oxygen atoms in total. The third-order valence-electron chi connectivity index (χ3n) is 9.37. The van der Waals surface area contributed by atoms with Gasteiger partial charge >= 0.3 is 0 Å². The van der Waals surface area contributed by atoms with Crippen LogP contribution in [0.2, 0.25) is 0 Å². The van der Waals surface area contributed by atoms with Crippen LogP contribution in [-0.4, -0.2) is 24.5 Å². The molecule has 0 atom stereocenters. The minimum atomic E-state index is 0.578. The summed E-state index contributed by atoms with van der Waals surface area (Å²) < 4.78 is 8.70. The topological polar surface area (TPSA) is 69.6 Å². The number of fused-ring (bicyclic) bond motifs is 6. The molecular weight excluding hydrogens is 615 g/mol. The van der Waals surface area contributed by atoms with Gasteiger partial charge in [0.05, 0.1) is 22.9 Å². The molecule has 0 N–H and O–H groups in total. The summed E-state index contributed by atoms with van der Waals surface area (Å²) in [6, 6.07) is 51.8. The van der Waals surface area contributed by atoms with Crippen molar-refractivity contribution in [3.05, 3.63) is 164 Å². The summed E-state index contributed by atoms with van der Waals surface area (Å²) in [5.41, 5.74) is 9.65.